The maximum atomic E-state index is 7.22. The first-order valence-electron chi connectivity index (χ1n) is 28.9. The van der Waals surface area contributed by atoms with Crippen molar-refractivity contribution in [3.63, 3.8) is 0 Å². The van der Waals surface area contributed by atoms with Crippen LogP contribution in [0.1, 0.15) is 148 Å². The van der Waals surface area contributed by atoms with E-state index in [1.807, 2.05) is 6.20 Å². The molecule has 1 aliphatic heterocycles. The topological polar surface area (TPSA) is 33.5 Å². The smallest absolute Gasteiger partial charge is 0.135 e. The van der Waals surface area contributed by atoms with Crippen LogP contribution in [0.25, 0.3) is 49.9 Å². The summed E-state index contributed by atoms with van der Waals surface area (Å²) < 4.78 is 9.49. The average Bonchev–Trinajstić information content (AvgIpc) is 2.73. The third-order valence-electron chi connectivity index (χ3n) is 16.7. The van der Waals surface area contributed by atoms with Crippen molar-refractivity contribution in [3.8, 4) is 39.6 Å². The molecule has 0 N–H and O–H groups in total. The standard InChI is InChI=1S/C76H77N4O.Pt/c1-50(2)64-31-24-32-65(51(3)4)72(64)54-41-61(79-49-78(48-70(79)74(8,9)10)60-40-53(52-25-18-15-19-26-52)39-59(43-60)76(13,14)56-29-22-17-23-30-56)46-63(42-54)81-62-34-35-66-67-44-58(75(11,12)55-27-20-16-21-28-55)33-36-68(67)80(69(66)47-62)71-45-57(37-38-77-71)73(5,6)7;/h15-45,48-51H,1-14H3;/q-3;. The minimum atomic E-state index is -0.271. The molecule has 0 saturated carbocycles. The molecule has 82 heavy (non-hydrogen) atoms. The fourth-order valence-electron chi connectivity index (χ4n) is 11.7. The van der Waals surface area contributed by atoms with Crippen LogP contribution < -0.4 is 14.5 Å². The summed E-state index contributed by atoms with van der Waals surface area (Å²) in [4.78, 5) is 9.69. The Bertz CT molecular complexity index is 3940. The first kappa shape index (κ1) is 57.8. The predicted octanol–water partition coefficient (Wildman–Crippen LogP) is 20.4. The van der Waals surface area contributed by atoms with Gasteiger partial charge in [0.15, 0.2) is 0 Å². The van der Waals surface area contributed by atoms with Crippen LogP contribution in [0, 0.1) is 24.2 Å². The molecule has 5 nitrogen and oxygen atoms in total. The van der Waals surface area contributed by atoms with Crippen molar-refractivity contribution in [2.24, 2.45) is 5.41 Å². The molecular formula is C76H77N4OPt-3. The van der Waals surface area contributed by atoms with Gasteiger partial charge in [0, 0.05) is 71.9 Å². The van der Waals surface area contributed by atoms with E-state index in [1.54, 1.807) is 0 Å². The van der Waals surface area contributed by atoms with Gasteiger partial charge in [-0.05, 0) is 115 Å². The SMILES string of the molecule is CC(C)c1cccc(C(C)C)c1-c1cc(Oc2[c-]c3c(cc2)c2cc(C(C)(C)c4ccccc4)ccc2n3-c2cc(C(C)(C)C)ccn2)[c-]c(N2[CH-]N(c3cc(-c4ccccc4)cc(C(C)(C)c4ccccc4)c3)C=C2C(C)(C)C)c1.[Pt]. The van der Waals surface area contributed by atoms with E-state index in [4.69, 9.17) is 9.72 Å². The molecule has 10 aromatic rings. The van der Waals surface area contributed by atoms with E-state index in [1.165, 1.54) is 55.6 Å². The second kappa shape index (κ2) is 22.4. The number of pyridine rings is 1. The fraction of sp³-hybridized carbons (Fsp3) is 0.263. The van der Waals surface area contributed by atoms with Gasteiger partial charge in [0.2, 0.25) is 0 Å². The molecule has 0 fully saturated rings. The van der Waals surface area contributed by atoms with Crippen LogP contribution in [0.2, 0.25) is 0 Å². The number of rotatable bonds is 13. The van der Waals surface area contributed by atoms with Crippen molar-refractivity contribution >= 4 is 33.2 Å². The zero-order valence-corrected chi connectivity index (χ0v) is 52.5. The molecule has 0 radical (unpaired) electrons. The van der Waals surface area contributed by atoms with E-state index in [2.05, 4.69) is 318 Å². The second-order valence-corrected chi connectivity index (χ2v) is 25.9. The molecule has 0 saturated heterocycles. The van der Waals surface area contributed by atoms with Gasteiger partial charge in [-0.25, -0.2) is 4.98 Å². The number of ether oxygens (including phenoxy) is 1. The van der Waals surface area contributed by atoms with Gasteiger partial charge < -0.3 is 19.1 Å². The van der Waals surface area contributed by atoms with Gasteiger partial charge in [0.25, 0.3) is 0 Å². The molecule has 1 aliphatic rings. The number of anilines is 2. The van der Waals surface area contributed by atoms with Gasteiger partial charge in [-0.2, -0.15) is 6.07 Å². The van der Waals surface area contributed by atoms with Crippen molar-refractivity contribution in [2.45, 2.75) is 125 Å². The average molecular weight is 1260 g/mol. The number of fused-ring (bicyclic) bond motifs is 3. The summed E-state index contributed by atoms with van der Waals surface area (Å²) in [6.07, 6.45) is 4.24. The van der Waals surface area contributed by atoms with Crippen LogP contribution in [0.4, 0.5) is 11.4 Å². The normalized spacial score (nSPS) is 13.3. The molecule has 0 amide bonds. The molecule has 0 atom stereocenters. The Kier molecular flexibility index (Phi) is 15.8. The van der Waals surface area contributed by atoms with Gasteiger partial charge in [0.1, 0.15) is 5.82 Å². The Morgan fingerprint density at radius 2 is 1.11 bits per heavy atom. The van der Waals surface area contributed by atoms with Crippen molar-refractivity contribution in [3.05, 3.63) is 258 Å². The summed E-state index contributed by atoms with van der Waals surface area (Å²) in [5, 5.41) is 2.22. The maximum Gasteiger partial charge on any atom is 0.135 e. The molecule has 11 rings (SSSR count). The summed E-state index contributed by atoms with van der Waals surface area (Å²) in [5.74, 6) is 2.60. The van der Waals surface area contributed by atoms with Crippen LogP contribution in [-0.2, 0) is 37.3 Å². The Morgan fingerprint density at radius 1 is 0.488 bits per heavy atom. The Labute approximate surface area is 503 Å². The Morgan fingerprint density at radius 3 is 1.72 bits per heavy atom. The summed E-state index contributed by atoms with van der Waals surface area (Å²) in [7, 11) is 0. The molecule has 0 unspecified atom stereocenters. The number of hydrogen-bond acceptors (Lipinski definition) is 4. The van der Waals surface area contributed by atoms with E-state index in [0.717, 1.165) is 50.3 Å². The third kappa shape index (κ3) is 11.1. The van der Waals surface area contributed by atoms with Gasteiger partial charge in [-0.1, -0.05) is 230 Å². The zero-order chi connectivity index (χ0) is 57.2. The molecule has 3 heterocycles. The largest absolute Gasteiger partial charge is 0.509 e. The summed E-state index contributed by atoms with van der Waals surface area (Å²) >= 11 is 0. The second-order valence-electron chi connectivity index (χ2n) is 25.9. The molecule has 0 aliphatic carbocycles. The summed E-state index contributed by atoms with van der Waals surface area (Å²) in [6, 6.07) is 73.9. The third-order valence-corrected chi connectivity index (χ3v) is 16.7. The molecule has 420 valence electrons. The Hall–Kier alpha value is -7.46. The molecule has 0 spiro atoms. The van der Waals surface area contributed by atoms with E-state index in [-0.39, 0.29) is 54.6 Å². The van der Waals surface area contributed by atoms with Crippen LogP contribution in [0.5, 0.6) is 11.5 Å². The van der Waals surface area contributed by atoms with E-state index in [9.17, 15) is 0 Å². The minimum Gasteiger partial charge on any atom is -0.509 e. The molecule has 2 aromatic heterocycles. The van der Waals surface area contributed by atoms with Gasteiger partial charge in [-0.3, -0.25) is 0 Å². The quantitative estimate of drug-likeness (QED) is 0.108. The van der Waals surface area contributed by atoms with Crippen molar-refractivity contribution < 1.29 is 25.8 Å². The van der Waals surface area contributed by atoms with Crippen LogP contribution in [-0.4, -0.2) is 9.55 Å². The van der Waals surface area contributed by atoms with Gasteiger partial charge in [0.05, 0.1) is 0 Å². The molecule has 6 heteroatoms. The Balaban J connectivity index is 0.00000753. The molecule has 8 aromatic carbocycles. The monoisotopic (exact) mass is 1260 g/mol. The van der Waals surface area contributed by atoms with Gasteiger partial charge >= 0.3 is 0 Å². The fourth-order valence-corrected chi connectivity index (χ4v) is 11.7. The predicted molar refractivity (Wildman–Crippen MR) is 341 cm³/mol. The number of benzene rings is 8. The van der Waals surface area contributed by atoms with Crippen LogP contribution in [0.15, 0.2) is 200 Å². The number of aromatic nitrogens is 2. The van der Waals surface area contributed by atoms with Crippen LogP contribution in [0.3, 0.4) is 0 Å². The van der Waals surface area contributed by atoms with Gasteiger partial charge in [-0.15, -0.1) is 53.6 Å². The number of nitrogens with zero attached hydrogens (tertiary/aromatic N) is 4. The van der Waals surface area contributed by atoms with Crippen molar-refractivity contribution in [1.82, 2.24) is 9.55 Å². The number of hydrogen-bond donors (Lipinski definition) is 0. The summed E-state index contributed by atoms with van der Waals surface area (Å²) in [5.41, 5.74) is 17.7. The number of allylic oxidation sites excluding steroid dienone is 1. The van der Waals surface area contributed by atoms with E-state index in [0.29, 0.717) is 11.5 Å². The summed E-state index contributed by atoms with van der Waals surface area (Å²) in [6.45, 7) is 34.3. The molecule has 0 bridgehead atoms. The van der Waals surface area contributed by atoms with Crippen molar-refractivity contribution in [2.75, 3.05) is 9.80 Å². The maximum absolute atomic E-state index is 7.22. The van der Waals surface area contributed by atoms with E-state index >= 15 is 0 Å². The van der Waals surface area contributed by atoms with Crippen molar-refractivity contribution in [1.29, 1.82) is 0 Å². The van der Waals surface area contributed by atoms with Crippen LogP contribution >= 0.6 is 0 Å². The zero-order valence-electron chi connectivity index (χ0n) is 50.2. The first-order valence-corrected chi connectivity index (χ1v) is 28.9. The minimum absolute atomic E-state index is 0. The first-order chi connectivity index (χ1) is 38.6. The van der Waals surface area contributed by atoms with E-state index < -0.39 is 0 Å². The molecular weight excluding hydrogens is 1180 g/mol.